The van der Waals surface area contributed by atoms with Crippen LogP contribution in [0.4, 0.5) is 11.6 Å². The number of nitrogens with one attached hydrogen (secondary N) is 2. The number of ether oxygens (including phenoxy) is 2. The third-order valence-electron chi connectivity index (χ3n) is 6.42. The molecule has 38 heavy (non-hydrogen) atoms. The second-order valence-corrected chi connectivity index (χ2v) is 9.82. The molecule has 1 aromatic heterocycles. The number of amides is 1. The normalized spacial score (nSPS) is 14.5. The molecule has 194 valence electrons. The Morgan fingerprint density at radius 1 is 1.03 bits per heavy atom. The summed E-state index contributed by atoms with van der Waals surface area (Å²) < 4.78 is 12.6. The van der Waals surface area contributed by atoms with Crippen molar-refractivity contribution in [1.82, 2.24) is 14.8 Å². The van der Waals surface area contributed by atoms with E-state index in [2.05, 4.69) is 10.6 Å². The Hall–Kier alpha value is -4.24. The molecule has 0 fully saturated rings. The van der Waals surface area contributed by atoms with Crippen LogP contribution in [0.2, 0.25) is 0 Å². The number of rotatable bonds is 8. The Labute approximate surface area is 226 Å². The van der Waals surface area contributed by atoms with Gasteiger partial charge in [-0.25, -0.2) is 4.68 Å². The molecule has 1 aliphatic heterocycles. The minimum Gasteiger partial charge on any atom is -0.497 e. The fourth-order valence-corrected chi connectivity index (χ4v) is 5.29. The van der Waals surface area contributed by atoms with Gasteiger partial charge in [-0.2, -0.15) is 4.98 Å². The molecule has 0 saturated heterocycles. The largest absolute Gasteiger partial charge is 0.497 e. The molecule has 1 amide bonds. The molecule has 9 heteroatoms. The van der Waals surface area contributed by atoms with Crippen LogP contribution in [-0.4, -0.2) is 34.9 Å². The van der Waals surface area contributed by atoms with Crippen molar-refractivity contribution >= 4 is 29.3 Å². The van der Waals surface area contributed by atoms with E-state index in [-0.39, 0.29) is 5.91 Å². The molecule has 2 heterocycles. The lowest BCUT2D eigenvalue weighted by atomic mass is 9.92. The Morgan fingerprint density at radius 2 is 1.82 bits per heavy atom. The first kappa shape index (κ1) is 25.4. The molecule has 0 unspecified atom stereocenters. The molecule has 0 bridgehead atoms. The van der Waals surface area contributed by atoms with E-state index >= 15 is 0 Å². The summed E-state index contributed by atoms with van der Waals surface area (Å²) in [6, 6.07) is 22.9. The lowest BCUT2D eigenvalue weighted by molar-refractivity contribution is -0.113. The highest BCUT2D eigenvalue weighted by Gasteiger charge is 2.35. The number of carbonyl (C=O) groups is 1. The number of fused-ring (bicyclic) bond motifs is 1. The van der Waals surface area contributed by atoms with E-state index in [1.807, 2.05) is 86.6 Å². The molecule has 0 saturated carbocycles. The highest BCUT2D eigenvalue weighted by Crippen LogP contribution is 2.38. The van der Waals surface area contributed by atoms with Gasteiger partial charge in [0.25, 0.3) is 5.91 Å². The van der Waals surface area contributed by atoms with Gasteiger partial charge in [0, 0.05) is 11.4 Å². The number of aromatic nitrogens is 3. The minimum atomic E-state index is -0.458. The third-order valence-corrected chi connectivity index (χ3v) is 7.33. The number of hydrogen-bond donors (Lipinski definition) is 2. The molecule has 0 spiro atoms. The molecule has 1 atom stereocenters. The summed E-state index contributed by atoms with van der Waals surface area (Å²) in [4.78, 5) is 18.5. The van der Waals surface area contributed by atoms with Crippen molar-refractivity contribution in [3.8, 4) is 11.5 Å². The van der Waals surface area contributed by atoms with Crippen molar-refractivity contribution in [3.63, 3.8) is 0 Å². The standard InChI is InChI=1S/C29H29N5O3S/c1-18-10-5-6-13-22(18)26-25(27(35)31-23-14-7-8-15-24(23)37-4)19(2)30-28-32-29(33-34(26)28)38-17-20-11-9-12-21(16-20)36-3/h5-16,26H,17H2,1-4H3,(H,31,35)(H,30,32,33)/t26-/m1/s1. The number of aryl methyl sites for hydroxylation is 1. The van der Waals surface area contributed by atoms with Gasteiger partial charge in [-0.15, -0.1) is 5.10 Å². The number of methoxy groups -OCH3 is 2. The number of allylic oxidation sites excluding steroid dienone is 1. The average Bonchev–Trinajstić information content (AvgIpc) is 3.34. The van der Waals surface area contributed by atoms with Crippen molar-refractivity contribution < 1.29 is 14.3 Å². The quantitative estimate of drug-likeness (QED) is 0.279. The van der Waals surface area contributed by atoms with E-state index in [1.165, 1.54) is 11.8 Å². The molecule has 4 aromatic rings. The van der Waals surface area contributed by atoms with Crippen LogP contribution >= 0.6 is 11.8 Å². The summed E-state index contributed by atoms with van der Waals surface area (Å²) in [5, 5.41) is 11.8. The highest BCUT2D eigenvalue weighted by atomic mass is 32.2. The van der Waals surface area contributed by atoms with E-state index in [9.17, 15) is 4.79 Å². The summed E-state index contributed by atoms with van der Waals surface area (Å²) in [5.74, 6) is 2.45. The molecule has 8 nitrogen and oxygen atoms in total. The number of hydrogen-bond acceptors (Lipinski definition) is 7. The zero-order valence-corrected chi connectivity index (χ0v) is 22.5. The van der Waals surface area contributed by atoms with Gasteiger partial charge in [-0.3, -0.25) is 4.79 Å². The highest BCUT2D eigenvalue weighted by molar-refractivity contribution is 7.98. The first-order valence-electron chi connectivity index (χ1n) is 12.2. The summed E-state index contributed by atoms with van der Waals surface area (Å²) in [5.41, 5.74) is 5.03. The maximum Gasteiger partial charge on any atom is 0.255 e. The molecule has 0 radical (unpaired) electrons. The van der Waals surface area contributed by atoms with Crippen LogP contribution in [-0.2, 0) is 10.5 Å². The first-order chi connectivity index (χ1) is 18.5. The van der Waals surface area contributed by atoms with Crippen LogP contribution in [0.25, 0.3) is 0 Å². The Bertz CT molecular complexity index is 1510. The predicted molar refractivity (Wildman–Crippen MR) is 150 cm³/mol. The SMILES string of the molecule is COc1cccc(CSc2nc3n(n2)[C@H](c2ccccc2C)C(C(=O)Nc2ccccc2OC)=C(C)N3)c1. The van der Waals surface area contributed by atoms with Crippen LogP contribution in [0.3, 0.4) is 0 Å². The van der Waals surface area contributed by atoms with Crippen molar-refractivity contribution in [1.29, 1.82) is 0 Å². The van der Waals surface area contributed by atoms with Crippen molar-refractivity contribution in [2.45, 2.75) is 30.8 Å². The van der Waals surface area contributed by atoms with Crippen LogP contribution in [0.5, 0.6) is 11.5 Å². The maximum atomic E-state index is 13.8. The zero-order valence-electron chi connectivity index (χ0n) is 21.7. The number of carbonyl (C=O) groups excluding carboxylic acids is 1. The number of anilines is 2. The van der Waals surface area contributed by atoms with E-state index in [4.69, 9.17) is 19.6 Å². The number of benzene rings is 3. The summed E-state index contributed by atoms with van der Waals surface area (Å²) in [6.07, 6.45) is 0. The molecule has 3 aromatic carbocycles. The lowest BCUT2D eigenvalue weighted by Crippen LogP contribution is -2.32. The van der Waals surface area contributed by atoms with Crippen LogP contribution in [0.15, 0.2) is 89.2 Å². The molecule has 1 aliphatic rings. The van der Waals surface area contributed by atoms with Gasteiger partial charge in [-0.05, 0) is 54.8 Å². The average molecular weight is 528 g/mol. The van der Waals surface area contributed by atoms with Crippen molar-refractivity contribution in [2.24, 2.45) is 0 Å². The molecular weight excluding hydrogens is 498 g/mol. The topological polar surface area (TPSA) is 90.3 Å². The van der Waals surface area contributed by atoms with Crippen molar-refractivity contribution in [2.75, 3.05) is 24.9 Å². The zero-order chi connectivity index (χ0) is 26.6. The summed E-state index contributed by atoms with van der Waals surface area (Å²) >= 11 is 1.53. The Kier molecular flexibility index (Phi) is 7.37. The minimum absolute atomic E-state index is 0.237. The number of nitrogens with zero attached hydrogens (tertiary/aromatic N) is 3. The van der Waals surface area contributed by atoms with Crippen molar-refractivity contribution in [3.05, 3.63) is 101 Å². The van der Waals surface area contributed by atoms with Gasteiger partial charge >= 0.3 is 0 Å². The second-order valence-electron chi connectivity index (χ2n) is 8.88. The predicted octanol–water partition coefficient (Wildman–Crippen LogP) is 5.82. The lowest BCUT2D eigenvalue weighted by Gasteiger charge is -2.29. The van der Waals surface area contributed by atoms with Gasteiger partial charge in [-0.1, -0.05) is 60.3 Å². The van der Waals surface area contributed by atoms with E-state index < -0.39 is 6.04 Å². The fourth-order valence-electron chi connectivity index (χ4n) is 4.52. The van der Waals surface area contributed by atoms with E-state index in [0.717, 1.165) is 28.1 Å². The third kappa shape index (κ3) is 5.10. The smallest absolute Gasteiger partial charge is 0.255 e. The Balaban J connectivity index is 1.49. The number of thioether (sulfide) groups is 1. The van der Waals surface area contributed by atoms with Crippen LogP contribution < -0.4 is 20.1 Å². The van der Waals surface area contributed by atoms with Crippen LogP contribution in [0, 0.1) is 6.92 Å². The molecule has 0 aliphatic carbocycles. The van der Waals surface area contributed by atoms with E-state index in [1.54, 1.807) is 18.9 Å². The van der Waals surface area contributed by atoms with Crippen LogP contribution in [0.1, 0.15) is 29.7 Å². The van der Waals surface area contributed by atoms with Gasteiger partial charge < -0.3 is 20.1 Å². The maximum absolute atomic E-state index is 13.8. The van der Waals surface area contributed by atoms with E-state index in [0.29, 0.717) is 33.9 Å². The summed E-state index contributed by atoms with van der Waals surface area (Å²) in [6.45, 7) is 3.93. The van der Waals surface area contributed by atoms with Gasteiger partial charge in [0.1, 0.15) is 17.5 Å². The summed E-state index contributed by atoms with van der Waals surface area (Å²) in [7, 11) is 3.24. The molecule has 2 N–H and O–H groups in total. The Morgan fingerprint density at radius 3 is 2.61 bits per heavy atom. The fraction of sp³-hybridized carbons (Fsp3) is 0.207. The second kappa shape index (κ2) is 11.0. The number of para-hydroxylation sites is 2. The van der Waals surface area contributed by atoms with Gasteiger partial charge in [0.15, 0.2) is 0 Å². The monoisotopic (exact) mass is 527 g/mol. The first-order valence-corrected chi connectivity index (χ1v) is 13.2. The molecule has 5 rings (SSSR count). The van der Waals surface area contributed by atoms with Gasteiger partial charge in [0.2, 0.25) is 11.1 Å². The molecular formula is C29H29N5O3S. The van der Waals surface area contributed by atoms with Gasteiger partial charge in [0.05, 0.1) is 25.5 Å².